The predicted octanol–water partition coefficient (Wildman–Crippen LogP) is 2.88. The molecule has 1 aromatic carbocycles. The Balaban J connectivity index is 2.36. The first-order valence-electron chi connectivity index (χ1n) is 5.80. The number of benzene rings is 1. The van der Waals surface area contributed by atoms with E-state index < -0.39 is 0 Å². The number of aromatic nitrogens is 3. The highest BCUT2D eigenvalue weighted by Gasteiger charge is 2.19. The fraction of sp³-hybridized carbons (Fsp3) is 0.143. The average Bonchev–Trinajstić information content (AvgIpc) is 2.81. The molecule has 0 radical (unpaired) electrons. The van der Waals surface area contributed by atoms with Crippen molar-refractivity contribution >= 4 is 17.2 Å². The molecule has 3 nitrogen and oxygen atoms in total. The second kappa shape index (κ2) is 4.10. The van der Waals surface area contributed by atoms with Gasteiger partial charge in [-0.3, -0.25) is 0 Å². The lowest BCUT2D eigenvalue weighted by Gasteiger charge is -2.04. The second-order valence-corrected chi connectivity index (χ2v) is 4.64. The molecule has 0 aliphatic rings. The van der Waals surface area contributed by atoms with Crippen molar-refractivity contribution in [3.05, 3.63) is 59.0 Å². The highest BCUT2D eigenvalue weighted by molar-refractivity contribution is 6.31. The molecule has 0 aliphatic heterocycles. The van der Waals surface area contributed by atoms with Crippen LogP contribution in [0.25, 0.3) is 11.3 Å². The van der Waals surface area contributed by atoms with E-state index in [1.54, 1.807) is 0 Å². The van der Waals surface area contributed by atoms with Crippen molar-refractivity contribution in [2.45, 2.75) is 13.8 Å². The lowest BCUT2D eigenvalue weighted by molar-refractivity contribution is -0.606. The highest BCUT2D eigenvalue weighted by Crippen LogP contribution is 2.17. The summed E-state index contributed by atoms with van der Waals surface area (Å²) in [4.78, 5) is 4.49. The Hall–Kier alpha value is -1.87. The molecular formula is C14H13ClN3+. The first kappa shape index (κ1) is 11.2. The van der Waals surface area contributed by atoms with Crippen LogP contribution in [0.5, 0.6) is 0 Å². The third kappa shape index (κ3) is 1.59. The zero-order valence-corrected chi connectivity index (χ0v) is 11.0. The normalized spacial score (nSPS) is 11.1. The van der Waals surface area contributed by atoms with Gasteiger partial charge in [-0.2, -0.15) is 4.68 Å². The number of fused-ring (bicyclic) bond motifs is 1. The summed E-state index contributed by atoms with van der Waals surface area (Å²) in [7, 11) is 0. The standard InChI is InChI=1S/C14H13ClN3/c1-10-14(15)11(2)18-13(16-10)8-9-17(18)12-6-4-3-5-7-12/h3-9H,1-2H3/q+1. The zero-order chi connectivity index (χ0) is 12.7. The summed E-state index contributed by atoms with van der Waals surface area (Å²) in [5.41, 5.74) is 3.84. The van der Waals surface area contributed by atoms with Gasteiger partial charge in [-0.25, -0.2) is 0 Å². The second-order valence-electron chi connectivity index (χ2n) is 4.26. The van der Waals surface area contributed by atoms with Crippen LogP contribution in [0.2, 0.25) is 5.02 Å². The Kier molecular flexibility index (Phi) is 2.56. The van der Waals surface area contributed by atoms with Gasteiger partial charge in [0.1, 0.15) is 5.02 Å². The van der Waals surface area contributed by atoms with Crippen molar-refractivity contribution in [2.75, 3.05) is 0 Å². The van der Waals surface area contributed by atoms with Crippen LogP contribution in [-0.2, 0) is 0 Å². The van der Waals surface area contributed by atoms with E-state index in [2.05, 4.69) is 17.1 Å². The molecule has 0 spiro atoms. The third-order valence-electron chi connectivity index (χ3n) is 3.05. The molecule has 4 heteroatoms. The van der Waals surface area contributed by atoms with Gasteiger partial charge in [0.15, 0.2) is 11.4 Å². The van der Waals surface area contributed by atoms with Gasteiger partial charge < -0.3 is 0 Å². The van der Waals surface area contributed by atoms with Gasteiger partial charge in [0, 0.05) is 13.8 Å². The molecule has 0 fully saturated rings. The molecular weight excluding hydrogens is 246 g/mol. The van der Waals surface area contributed by atoms with Gasteiger partial charge in [-0.1, -0.05) is 29.8 Å². The van der Waals surface area contributed by atoms with E-state index in [1.807, 2.05) is 53.5 Å². The van der Waals surface area contributed by atoms with Gasteiger partial charge in [-0.05, 0) is 17.1 Å². The van der Waals surface area contributed by atoms with Gasteiger partial charge >= 0.3 is 5.65 Å². The van der Waals surface area contributed by atoms with Crippen LogP contribution < -0.4 is 4.52 Å². The number of nitrogens with zero attached hydrogens (tertiary/aromatic N) is 3. The van der Waals surface area contributed by atoms with E-state index in [-0.39, 0.29) is 0 Å². The monoisotopic (exact) mass is 258 g/mol. The van der Waals surface area contributed by atoms with Crippen molar-refractivity contribution in [2.24, 2.45) is 0 Å². The van der Waals surface area contributed by atoms with Crippen LogP contribution in [0.4, 0.5) is 0 Å². The molecule has 0 N–H and O–H groups in total. The quantitative estimate of drug-likeness (QED) is 0.615. The van der Waals surface area contributed by atoms with Crippen LogP contribution >= 0.6 is 11.6 Å². The summed E-state index contributed by atoms with van der Waals surface area (Å²) in [6.45, 7) is 3.93. The fourth-order valence-electron chi connectivity index (χ4n) is 2.16. The Labute approximate surface area is 110 Å². The van der Waals surface area contributed by atoms with Gasteiger partial charge in [0.05, 0.1) is 18.0 Å². The number of para-hydroxylation sites is 1. The average molecular weight is 259 g/mol. The molecule has 0 bridgehead atoms. The maximum absolute atomic E-state index is 6.28. The molecule has 2 aromatic heterocycles. The van der Waals surface area contributed by atoms with Crippen molar-refractivity contribution in [3.63, 3.8) is 0 Å². The summed E-state index contributed by atoms with van der Waals surface area (Å²) in [6.07, 6.45) is 2.00. The molecule has 2 heterocycles. The van der Waals surface area contributed by atoms with E-state index in [0.29, 0.717) is 5.02 Å². The van der Waals surface area contributed by atoms with E-state index in [0.717, 1.165) is 22.7 Å². The molecule has 3 aromatic rings. The van der Waals surface area contributed by atoms with Crippen LogP contribution in [0.3, 0.4) is 0 Å². The minimum atomic E-state index is 0.711. The minimum absolute atomic E-state index is 0.711. The number of halogens is 1. The van der Waals surface area contributed by atoms with Crippen molar-refractivity contribution in [1.82, 2.24) is 9.67 Å². The number of hydrogen-bond acceptors (Lipinski definition) is 1. The van der Waals surface area contributed by atoms with E-state index in [1.165, 1.54) is 0 Å². The highest BCUT2D eigenvalue weighted by atomic mass is 35.5. The van der Waals surface area contributed by atoms with Crippen LogP contribution in [0.1, 0.15) is 11.4 Å². The molecule has 0 saturated carbocycles. The Morgan fingerprint density at radius 3 is 2.56 bits per heavy atom. The molecule has 18 heavy (non-hydrogen) atoms. The number of rotatable bonds is 1. The maximum atomic E-state index is 6.28. The number of aryl methyl sites for hydroxylation is 2. The van der Waals surface area contributed by atoms with Crippen molar-refractivity contribution in [1.29, 1.82) is 0 Å². The van der Waals surface area contributed by atoms with Gasteiger partial charge in [0.25, 0.3) is 0 Å². The Morgan fingerprint density at radius 1 is 1.11 bits per heavy atom. The lowest BCUT2D eigenvalue weighted by Crippen LogP contribution is -2.36. The van der Waals surface area contributed by atoms with Crippen molar-refractivity contribution < 1.29 is 4.52 Å². The SMILES string of the molecule is Cc1nc2ccn(-c3ccccc3)[n+]2c(C)c1Cl. The Bertz CT molecular complexity index is 717. The maximum Gasteiger partial charge on any atom is 0.348 e. The van der Waals surface area contributed by atoms with Gasteiger partial charge in [0.2, 0.25) is 0 Å². The molecule has 90 valence electrons. The largest absolute Gasteiger partial charge is 0.348 e. The summed E-state index contributed by atoms with van der Waals surface area (Å²) in [5.74, 6) is 0. The van der Waals surface area contributed by atoms with Crippen LogP contribution in [0.15, 0.2) is 42.6 Å². The summed E-state index contributed by atoms with van der Waals surface area (Å²) in [6, 6.07) is 12.1. The first-order chi connectivity index (χ1) is 8.68. The summed E-state index contributed by atoms with van der Waals surface area (Å²) >= 11 is 6.28. The van der Waals surface area contributed by atoms with E-state index in [4.69, 9.17) is 11.6 Å². The van der Waals surface area contributed by atoms with Crippen molar-refractivity contribution in [3.8, 4) is 5.69 Å². The molecule has 3 rings (SSSR count). The van der Waals surface area contributed by atoms with Crippen LogP contribution in [0, 0.1) is 13.8 Å². The molecule has 0 unspecified atom stereocenters. The smallest absolute Gasteiger partial charge is 0.186 e. The Morgan fingerprint density at radius 2 is 1.83 bits per heavy atom. The first-order valence-corrected chi connectivity index (χ1v) is 6.18. The molecule has 0 saturated heterocycles. The predicted molar refractivity (Wildman–Crippen MR) is 71.2 cm³/mol. The summed E-state index contributed by atoms with van der Waals surface area (Å²) in [5, 5.41) is 0.711. The topological polar surface area (TPSA) is 21.9 Å². The lowest BCUT2D eigenvalue weighted by atomic mass is 10.3. The zero-order valence-electron chi connectivity index (χ0n) is 10.3. The van der Waals surface area contributed by atoms with E-state index >= 15 is 0 Å². The minimum Gasteiger partial charge on any atom is -0.186 e. The van der Waals surface area contributed by atoms with E-state index in [9.17, 15) is 0 Å². The third-order valence-corrected chi connectivity index (χ3v) is 3.60. The number of hydrogen-bond donors (Lipinski definition) is 0. The summed E-state index contributed by atoms with van der Waals surface area (Å²) < 4.78 is 4.06. The fourth-order valence-corrected chi connectivity index (χ4v) is 2.28. The molecule has 0 amide bonds. The molecule has 0 atom stereocenters. The molecule has 0 aliphatic carbocycles. The van der Waals surface area contributed by atoms with Crippen LogP contribution in [-0.4, -0.2) is 9.67 Å². The van der Waals surface area contributed by atoms with Gasteiger partial charge in [-0.15, -0.1) is 4.52 Å².